The first-order chi connectivity index (χ1) is 16.1. The first kappa shape index (κ1) is 32.6. The van der Waals surface area contributed by atoms with Crippen LogP contribution in [0, 0.1) is 0 Å². The lowest BCUT2D eigenvalue weighted by atomic mass is 9.99. The van der Waals surface area contributed by atoms with Crippen molar-refractivity contribution >= 4 is 5.78 Å². The van der Waals surface area contributed by atoms with E-state index in [1.807, 2.05) is 0 Å². The monoisotopic (exact) mass is 468 g/mol. The molecule has 0 saturated carbocycles. The van der Waals surface area contributed by atoms with Gasteiger partial charge in [0, 0.05) is 12.8 Å². The number of hydrogen-bond donors (Lipinski definition) is 2. The Morgan fingerprint density at radius 1 is 0.485 bits per heavy atom. The van der Waals surface area contributed by atoms with E-state index < -0.39 is 6.10 Å². The van der Waals surface area contributed by atoms with Gasteiger partial charge in [0.25, 0.3) is 0 Å². The smallest absolute Gasteiger partial charge is 0.135 e. The minimum atomic E-state index is -0.495. The number of carbonyl (C=O) groups is 1. The Balaban J connectivity index is 3.44. The fourth-order valence-corrected chi connectivity index (χ4v) is 4.67. The molecule has 0 aromatic heterocycles. The van der Waals surface area contributed by atoms with E-state index in [9.17, 15) is 15.0 Å². The summed E-state index contributed by atoms with van der Waals surface area (Å²) in [7, 11) is 0. The van der Waals surface area contributed by atoms with Crippen LogP contribution in [0.1, 0.15) is 174 Å². The normalized spacial score (nSPS) is 13.3. The summed E-state index contributed by atoms with van der Waals surface area (Å²) < 4.78 is 0. The Morgan fingerprint density at radius 2 is 0.818 bits per heavy atom. The Bertz CT molecular complexity index is 396. The highest BCUT2D eigenvalue weighted by molar-refractivity contribution is 5.78. The molecule has 0 saturated heterocycles. The summed E-state index contributed by atoms with van der Waals surface area (Å²) in [4.78, 5) is 12.1. The summed E-state index contributed by atoms with van der Waals surface area (Å²) in [5.74, 6) is 0.108. The number of carbonyl (C=O) groups excluding carboxylic acids is 1. The van der Waals surface area contributed by atoms with E-state index in [0.717, 1.165) is 25.7 Å². The highest BCUT2D eigenvalue weighted by atomic mass is 16.3. The standard InChI is InChI=1S/C30H60O3/c1-3-5-7-9-11-13-14-16-18-20-22-24-29(32)27-30(33)26-25-28(31)23-21-19-17-15-12-10-8-6-4-2/h28-29,31-32H,3-27H2,1-2H3. The molecule has 0 heterocycles. The fraction of sp³-hybridized carbons (Fsp3) is 0.967. The molecular formula is C30H60O3. The lowest BCUT2D eigenvalue weighted by Gasteiger charge is -2.12. The molecule has 0 rings (SSSR count). The van der Waals surface area contributed by atoms with Crippen LogP contribution in [0.25, 0.3) is 0 Å². The number of unbranched alkanes of at least 4 members (excludes halogenated alkanes) is 18. The topological polar surface area (TPSA) is 57.5 Å². The average Bonchev–Trinajstić information content (AvgIpc) is 2.80. The predicted octanol–water partition coefficient (Wildman–Crippen LogP) is 9.07. The molecule has 0 fully saturated rings. The van der Waals surface area contributed by atoms with Gasteiger partial charge < -0.3 is 10.2 Å². The molecule has 3 heteroatoms. The van der Waals surface area contributed by atoms with E-state index in [1.54, 1.807) is 0 Å². The van der Waals surface area contributed by atoms with Crippen LogP contribution in [-0.4, -0.2) is 28.2 Å². The van der Waals surface area contributed by atoms with Gasteiger partial charge in [-0.2, -0.15) is 0 Å². The SMILES string of the molecule is CCCCCCCCCCCCCC(O)CC(=O)CCC(O)CCCCCCCCCCC. The highest BCUT2D eigenvalue weighted by Gasteiger charge is 2.13. The zero-order chi connectivity index (χ0) is 24.4. The minimum absolute atomic E-state index is 0.108. The Kier molecular flexibility index (Phi) is 25.9. The largest absolute Gasteiger partial charge is 0.393 e. The van der Waals surface area contributed by atoms with Gasteiger partial charge in [-0.15, -0.1) is 0 Å². The Hall–Kier alpha value is -0.410. The van der Waals surface area contributed by atoms with Gasteiger partial charge in [-0.05, 0) is 19.3 Å². The quantitative estimate of drug-likeness (QED) is 0.118. The molecule has 2 unspecified atom stereocenters. The van der Waals surface area contributed by atoms with Crippen molar-refractivity contribution < 1.29 is 15.0 Å². The molecule has 2 N–H and O–H groups in total. The van der Waals surface area contributed by atoms with Crippen LogP contribution in [-0.2, 0) is 4.79 Å². The average molecular weight is 469 g/mol. The molecule has 0 aliphatic heterocycles. The van der Waals surface area contributed by atoms with Crippen molar-refractivity contribution in [3.05, 3.63) is 0 Å². The van der Waals surface area contributed by atoms with E-state index in [1.165, 1.54) is 116 Å². The van der Waals surface area contributed by atoms with Crippen molar-refractivity contribution in [2.24, 2.45) is 0 Å². The molecule has 0 radical (unpaired) electrons. The number of aliphatic hydroxyl groups is 2. The lowest BCUT2D eigenvalue weighted by molar-refractivity contribution is -0.121. The Labute approximate surface area is 207 Å². The van der Waals surface area contributed by atoms with Gasteiger partial charge in [0.05, 0.1) is 12.2 Å². The van der Waals surface area contributed by atoms with Crippen LogP contribution in [0.2, 0.25) is 0 Å². The third-order valence-electron chi connectivity index (χ3n) is 7.00. The molecule has 0 aliphatic rings. The second kappa shape index (κ2) is 26.2. The maximum atomic E-state index is 12.1. The lowest BCUT2D eigenvalue weighted by Crippen LogP contribution is -2.15. The van der Waals surface area contributed by atoms with Crippen molar-refractivity contribution in [1.29, 1.82) is 0 Å². The number of Topliss-reactive ketones (excluding diaryl/α,β-unsaturated/α-hetero) is 1. The van der Waals surface area contributed by atoms with Gasteiger partial charge in [0.1, 0.15) is 5.78 Å². The van der Waals surface area contributed by atoms with E-state index in [2.05, 4.69) is 13.8 Å². The molecule has 0 aromatic carbocycles. The molecule has 2 atom stereocenters. The van der Waals surface area contributed by atoms with Crippen LogP contribution in [0.5, 0.6) is 0 Å². The highest BCUT2D eigenvalue weighted by Crippen LogP contribution is 2.16. The van der Waals surface area contributed by atoms with Crippen molar-refractivity contribution in [2.45, 2.75) is 187 Å². The molecule has 0 bridgehead atoms. The number of ketones is 1. The third-order valence-corrected chi connectivity index (χ3v) is 7.00. The molecule has 3 nitrogen and oxygen atoms in total. The summed E-state index contributed by atoms with van der Waals surface area (Å²) in [6.45, 7) is 4.51. The van der Waals surface area contributed by atoms with Crippen LogP contribution < -0.4 is 0 Å². The van der Waals surface area contributed by atoms with Gasteiger partial charge in [0.2, 0.25) is 0 Å². The first-order valence-corrected chi connectivity index (χ1v) is 15.0. The summed E-state index contributed by atoms with van der Waals surface area (Å²) >= 11 is 0. The van der Waals surface area contributed by atoms with Crippen molar-refractivity contribution in [1.82, 2.24) is 0 Å². The van der Waals surface area contributed by atoms with Gasteiger partial charge in [0.15, 0.2) is 0 Å². The van der Waals surface area contributed by atoms with Crippen molar-refractivity contribution in [3.63, 3.8) is 0 Å². The van der Waals surface area contributed by atoms with E-state index in [-0.39, 0.29) is 18.3 Å². The summed E-state index contributed by atoms with van der Waals surface area (Å²) in [6.07, 6.45) is 27.8. The van der Waals surface area contributed by atoms with Crippen molar-refractivity contribution in [3.8, 4) is 0 Å². The van der Waals surface area contributed by atoms with Gasteiger partial charge in [-0.1, -0.05) is 142 Å². The molecule has 0 amide bonds. The molecule has 0 aromatic rings. The van der Waals surface area contributed by atoms with Gasteiger partial charge >= 0.3 is 0 Å². The molecule has 0 spiro atoms. The molecular weight excluding hydrogens is 408 g/mol. The maximum Gasteiger partial charge on any atom is 0.135 e. The van der Waals surface area contributed by atoms with E-state index >= 15 is 0 Å². The molecule has 198 valence electrons. The van der Waals surface area contributed by atoms with Crippen LogP contribution in [0.3, 0.4) is 0 Å². The molecule has 0 aliphatic carbocycles. The number of aliphatic hydroxyl groups excluding tert-OH is 2. The number of hydrogen-bond acceptors (Lipinski definition) is 3. The van der Waals surface area contributed by atoms with Gasteiger partial charge in [-0.3, -0.25) is 4.79 Å². The minimum Gasteiger partial charge on any atom is -0.393 e. The summed E-state index contributed by atoms with van der Waals surface area (Å²) in [6, 6.07) is 0. The van der Waals surface area contributed by atoms with Crippen LogP contribution >= 0.6 is 0 Å². The zero-order valence-corrected chi connectivity index (χ0v) is 22.6. The van der Waals surface area contributed by atoms with Crippen molar-refractivity contribution in [2.75, 3.05) is 0 Å². The van der Waals surface area contributed by atoms with E-state index in [4.69, 9.17) is 0 Å². The second-order valence-corrected chi connectivity index (χ2v) is 10.5. The second-order valence-electron chi connectivity index (χ2n) is 10.5. The number of rotatable bonds is 27. The maximum absolute atomic E-state index is 12.1. The summed E-state index contributed by atoms with van der Waals surface area (Å²) in [5.41, 5.74) is 0. The predicted molar refractivity (Wildman–Crippen MR) is 144 cm³/mol. The zero-order valence-electron chi connectivity index (χ0n) is 22.6. The first-order valence-electron chi connectivity index (χ1n) is 15.0. The van der Waals surface area contributed by atoms with Crippen LogP contribution in [0.15, 0.2) is 0 Å². The third kappa shape index (κ3) is 26.0. The van der Waals surface area contributed by atoms with Gasteiger partial charge in [-0.25, -0.2) is 0 Å². The summed E-state index contributed by atoms with van der Waals surface area (Å²) in [5, 5.41) is 20.3. The Morgan fingerprint density at radius 3 is 1.21 bits per heavy atom. The molecule has 33 heavy (non-hydrogen) atoms. The van der Waals surface area contributed by atoms with E-state index in [0.29, 0.717) is 12.8 Å². The fourth-order valence-electron chi connectivity index (χ4n) is 4.67. The van der Waals surface area contributed by atoms with Crippen LogP contribution in [0.4, 0.5) is 0 Å².